The van der Waals surface area contributed by atoms with Crippen molar-refractivity contribution in [3.63, 3.8) is 0 Å². The van der Waals surface area contributed by atoms with Gasteiger partial charge in [0, 0.05) is 7.05 Å². The van der Waals surface area contributed by atoms with Crippen LogP contribution in [-0.2, 0) is 13.7 Å². The maximum Gasteiger partial charge on any atom is 0.289 e. The maximum atomic E-state index is 8.49. The van der Waals surface area contributed by atoms with Crippen LogP contribution in [0.3, 0.4) is 0 Å². The molecule has 3 rings (SSSR count). The summed E-state index contributed by atoms with van der Waals surface area (Å²) in [5.74, 6) is 0.448. The molecule has 11 heteroatoms. The quantitative estimate of drug-likeness (QED) is 0.457. The zero-order valence-corrected chi connectivity index (χ0v) is 14.2. The lowest BCUT2D eigenvalue weighted by atomic mass is 10.1. The van der Waals surface area contributed by atoms with E-state index in [2.05, 4.69) is 9.97 Å². The molecule has 0 aliphatic carbocycles. The van der Waals surface area contributed by atoms with Gasteiger partial charge in [-0.05, 0) is 18.1 Å². The van der Waals surface area contributed by atoms with E-state index in [1.165, 1.54) is 10.3 Å². The monoisotopic (exact) mass is 369 g/mol. The summed E-state index contributed by atoms with van der Waals surface area (Å²) in [6.45, 7) is 2.48. The molecule has 2 N–H and O–H groups in total. The first-order valence-electron chi connectivity index (χ1n) is 6.93. The van der Waals surface area contributed by atoms with Crippen molar-refractivity contribution in [3.05, 3.63) is 48.0 Å². The third kappa shape index (κ3) is 5.24. The number of aromatic nitrogens is 4. The predicted octanol–water partition coefficient (Wildman–Crippen LogP) is -3.98. The normalized spacial score (nSPS) is 11.1. The maximum absolute atomic E-state index is 8.49. The second kappa shape index (κ2) is 7.59. The van der Waals surface area contributed by atoms with Gasteiger partial charge in [-0.2, -0.15) is 0 Å². The summed E-state index contributed by atoms with van der Waals surface area (Å²) in [5, 5.41) is 0. The van der Waals surface area contributed by atoms with E-state index in [1.54, 1.807) is 12.7 Å². The number of nitrogens with zero attached hydrogens (tertiary/aromatic N) is 4. The number of hydrogen-bond acceptors (Lipinski definition) is 8. The summed E-state index contributed by atoms with van der Waals surface area (Å²) in [5.41, 5.74) is 9.72. The molecule has 3 aromatic rings. The molecule has 0 unspecified atom stereocenters. The van der Waals surface area contributed by atoms with Gasteiger partial charge in [-0.3, -0.25) is 0 Å². The highest BCUT2D eigenvalue weighted by Crippen LogP contribution is 2.12. The molecule has 10 nitrogen and oxygen atoms in total. The fraction of sp³-hybridized carbons (Fsp3) is 0.214. The lowest BCUT2D eigenvalue weighted by molar-refractivity contribution is -2.00. The van der Waals surface area contributed by atoms with Crippen LogP contribution in [-0.4, -0.2) is 14.5 Å². The second-order valence-corrected chi connectivity index (χ2v) is 5.82. The third-order valence-corrected chi connectivity index (χ3v) is 3.29. The number of halogens is 1. The van der Waals surface area contributed by atoms with Crippen LogP contribution in [0.25, 0.3) is 11.2 Å². The Balaban J connectivity index is 0.000000399. The van der Waals surface area contributed by atoms with Crippen LogP contribution in [0.5, 0.6) is 0 Å². The Morgan fingerprint density at radius 3 is 2.48 bits per heavy atom. The number of anilines is 1. The van der Waals surface area contributed by atoms with Crippen LogP contribution in [0.4, 0.5) is 5.82 Å². The molecule has 0 amide bonds. The minimum atomic E-state index is -4.94. The van der Waals surface area contributed by atoms with E-state index in [-0.39, 0.29) is 0 Å². The molecule has 2 aromatic heterocycles. The molecule has 0 aliphatic heterocycles. The average Bonchev–Trinajstić information content (AvgIpc) is 2.89. The molecule has 0 saturated heterocycles. The van der Waals surface area contributed by atoms with Gasteiger partial charge in [-0.15, -0.1) is 10.2 Å². The van der Waals surface area contributed by atoms with Gasteiger partial charge in [0.15, 0.2) is 6.61 Å². The van der Waals surface area contributed by atoms with E-state index in [4.69, 9.17) is 29.2 Å². The van der Waals surface area contributed by atoms with Gasteiger partial charge < -0.3 is 15.1 Å². The zero-order valence-electron chi connectivity index (χ0n) is 13.5. The first-order chi connectivity index (χ1) is 11.7. The van der Waals surface area contributed by atoms with Crippen LogP contribution in [0.2, 0.25) is 0 Å². The molecule has 0 bridgehead atoms. The van der Waals surface area contributed by atoms with Gasteiger partial charge in [-0.25, -0.2) is 23.6 Å². The van der Waals surface area contributed by atoms with Gasteiger partial charge in [0.1, 0.15) is 0 Å². The van der Waals surface area contributed by atoms with Crippen LogP contribution >= 0.6 is 0 Å². The van der Waals surface area contributed by atoms with Crippen molar-refractivity contribution >= 4 is 17.0 Å². The standard InChI is InChI=1S/C14H15N5O.ClHO4/c1-10-5-3-4-6-11(10)7-20-19-9-17-14-12(13(19)15)16-8-18(14)2;2-1(3,4)5/h3-6,8-9,15H,7H2,1-2H3;(H,2,3,4,5). The lowest BCUT2D eigenvalue weighted by Crippen LogP contribution is -2.68. The average molecular weight is 370 g/mol. The van der Waals surface area contributed by atoms with Gasteiger partial charge in [-0.1, -0.05) is 34.0 Å². The summed E-state index contributed by atoms with van der Waals surface area (Å²) in [7, 11) is -3.07. The molecular formula is C14H16ClN5O5. The van der Waals surface area contributed by atoms with Crippen LogP contribution in [0.15, 0.2) is 36.9 Å². The minimum absolute atomic E-state index is 0.432. The van der Waals surface area contributed by atoms with Gasteiger partial charge >= 0.3 is 0 Å². The molecule has 0 atom stereocenters. The van der Waals surface area contributed by atoms with E-state index in [0.717, 1.165) is 11.2 Å². The summed E-state index contributed by atoms with van der Waals surface area (Å²) in [6.07, 6.45) is 3.25. The van der Waals surface area contributed by atoms with Crippen molar-refractivity contribution in [2.45, 2.75) is 13.5 Å². The summed E-state index contributed by atoms with van der Waals surface area (Å²) in [4.78, 5) is 14.2. The number of aryl methyl sites for hydroxylation is 2. The first kappa shape index (κ1) is 18.8. The molecule has 25 heavy (non-hydrogen) atoms. The number of hydrogen-bond donors (Lipinski definition) is 1. The Morgan fingerprint density at radius 2 is 1.84 bits per heavy atom. The van der Waals surface area contributed by atoms with Gasteiger partial charge in [0.2, 0.25) is 11.2 Å². The summed E-state index contributed by atoms with van der Waals surface area (Å²) >= 11 is 0. The smallest absolute Gasteiger partial charge is 0.289 e. The highest BCUT2D eigenvalue weighted by molar-refractivity contribution is 5.79. The van der Waals surface area contributed by atoms with Gasteiger partial charge in [0.05, 0.1) is 6.33 Å². The number of nitrogens with two attached hydrogens (primary N) is 1. The van der Waals surface area contributed by atoms with Crippen molar-refractivity contribution < 1.29 is 38.4 Å². The first-order valence-corrected chi connectivity index (χ1v) is 8.17. The fourth-order valence-electron chi connectivity index (χ4n) is 2.04. The molecule has 0 saturated carbocycles. The van der Waals surface area contributed by atoms with Gasteiger partial charge in [0.25, 0.3) is 12.1 Å². The van der Waals surface area contributed by atoms with Crippen molar-refractivity contribution in [2.75, 3.05) is 5.73 Å². The number of imidazole rings is 1. The van der Waals surface area contributed by atoms with Crippen molar-refractivity contribution in [3.8, 4) is 0 Å². The Bertz CT molecular complexity index is 858. The van der Waals surface area contributed by atoms with Crippen molar-refractivity contribution in [1.82, 2.24) is 14.5 Å². The topological polar surface area (TPSA) is 162 Å². The van der Waals surface area contributed by atoms with E-state index < -0.39 is 10.2 Å². The minimum Gasteiger partial charge on any atom is -0.352 e. The SMILES string of the molecule is Cc1ccccc1CO[n+]1cnc2c(ncn2C)c1N.[O-][Cl+3]([O-])([O-])[O-]. The number of fused-ring (bicyclic) bond motifs is 1. The highest BCUT2D eigenvalue weighted by Gasteiger charge is 2.16. The lowest BCUT2D eigenvalue weighted by Gasteiger charge is -2.17. The van der Waals surface area contributed by atoms with Crippen LogP contribution in [0.1, 0.15) is 11.1 Å². The molecular weight excluding hydrogens is 354 g/mol. The molecule has 2 heterocycles. The zero-order chi connectivity index (χ0) is 18.6. The highest BCUT2D eigenvalue weighted by atomic mass is 35.7. The Morgan fingerprint density at radius 1 is 1.20 bits per heavy atom. The van der Waals surface area contributed by atoms with Crippen LogP contribution < -0.4 is 33.9 Å². The largest absolute Gasteiger partial charge is 0.352 e. The number of rotatable bonds is 3. The van der Waals surface area contributed by atoms with Crippen LogP contribution in [0, 0.1) is 17.2 Å². The molecule has 0 radical (unpaired) electrons. The molecule has 1 aromatic carbocycles. The molecule has 0 fully saturated rings. The van der Waals surface area contributed by atoms with E-state index in [1.807, 2.05) is 42.8 Å². The summed E-state index contributed by atoms with van der Waals surface area (Å²) < 4.78 is 37.2. The molecule has 0 spiro atoms. The Kier molecular flexibility index (Phi) is 5.72. The molecule has 134 valence electrons. The van der Waals surface area contributed by atoms with E-state index in [0.29, 0.717) is 17.9 Å². The predicted molar refractivity (Wildman–Crippen MR) is 74.6 cm³/mol. The van der Waals surface area contributed by atoms with E-state index in [9.17, 15) is 0 Å². The second-order valence-electron chi connectivity index (χ2n) is 5.06. The van der Waals surface area contributed by atoms with Crippen molar-refractivity contribution in [1.29, 1.82) is 0 Å². The van der Waals surface area contributed by atoms with Crippen molar-refractivity contribution in [2.24, 2.45) is 7.05 Å². The fourth-order valence-corrected chi connectivity index (χ4v) is 2.04. The molecule has 0 aliphatic rings. The Labute approximate surface area is 145 Å². The van der Waals surface area contributed by atoms with E-state index >= 15 is 0 Å². The Hall–Kier alpha value is -2.50. The summed E-state index contributed by atoms with van der Waals surface area (Å²) in [6, 6.07) is 8.06. The third-order valence-electron chi connectivity index (χ3n) is 3.29. The number of benzene rings is 1. The number of nitrogen functional groups attached to an aromatic ring is 1.